The summed E-state index contributed by atoms with van der Waals surface area (Å²) in [5, 5.41) is 0.258. The number of sulfonamides is 1. The minimum Gasteiger partial charge on any atom is -0.426 e. The van der Waals surface area contributed by atoms with Crippen LogP contribution in [0.1, 0.15) is 5.56 Å². The van der Waals surface area contributed by atoms with E-state index >= 15 is 0 Å². The van der Waals surface area contributed by atoms with Gasteiger partial charge in [0.05, 0.1) is 27.0 Å². The first-order valence-electron chi connectivity index (χ1n) is 6.83. The van der Waals surface area contributed by atoms with Crippen molar-refractivity contribution in [2.75, 3.05) is 4.31 Å². The van der Waals surface area contributed by atoms with Crippen molar-refractivity contribution in [3.8, 4) is 5.75 Å². The molecule has 0 spiro atoms. The Labute approximate surface area is 152 Å². The standard InChI is InChI=1S/C15H10Cl2N2O5S/c16-11-3-1-9(7-12(11)17)19(15(18)21)25(22,23)10-2-4-13-8(5-10)6-14(20)24-13/h1-5,7H,6H2,(H2,18,21). The molecule has 0 aromatic heterocycles. The largest absolute Gasteiger partial charge is 0.426 e. The first kappa shape index (κ1) is 17.5. The first-order valence-corrected chi connectivity index (χ1v) is 9.03. The third kappa shape index (κ3) is 3.15. The molecule has 7 nitrogen and oxygen atoms in total. The Morgan fingerprint density at radius 3 is 2.48 bits per heavy atom. The summed E-state index contributed by atoms with van der Waals surface area (Å²) in [6, 6.07) is 6.48. The van der Waals surface area contributed by atoms with Gasteiger partial charge in [0.25, 0.3) is 10.0 Å². The maximum absolute atomic E-state index is 12.9. The second-order valence-corrected chi connectivity index (χ2v) is 7.73. The molecule has 0 saturated heterocycles. The van der Waals surface area contributed by atoms with Gasteiger partial charge in [0.1, 0.15) is 5.75 Å². The summed E-state index contributed by atoms with van der Waals surface area (Å²) in [4.78, 5) is 22.9. The average molecular weight is 401 g/mol. The Bertz CT molecular complexity index is 1010. The molecule has 2 aromatic rings. The number of carbonyl (C=O) groups excluding carboxylic acids is 2. The molecule has 25 heavy (non-hydrogen) atoms. The van der Waals surface area contributed by atoms with Crippen LogP contribution in [0.3, 0.4) is 0 Å². The number of benzene rings is 2. The van der Waals surface area contributed by atoms with E-state index in [-0.39, 0.29) is 32.8 Å². The zero-order valence-corrected chi connectivity index (χ0v) is 14.7. The summed E-state index contributed by atoms with van der Waals surface area (Å²) in [6.07, 6.45) is -0.0535. The van der Waals surface area contributed by atoms with Crippen LogP contribution < -0.4 is 14.8 Å². The summed E-state index contributed by atoms with van der Waals surface area (Å²) >= 11 is 11.7. The van der Waals surface area contributed by atoms with Crippen molar-refractivity contribution in [3.05, 3.63) is 52.0 Å². The number of hydrogen-bond donors (Lipinski definition) is 1. The molecule has 130 valence electrons. The van der Waals surface area contributed by atoms with Crippen LogP contribution in [0.4, 0.5) is 10.5 Å². The monoisotopic (exact) mass is 400 g/mol. The van der Waals surface area contributed by atoms with Gasteiger partial charge in [0, 0.05) is 5.56 Å². The van der Waals surface area contributed by atoms with Crippen molar-refractivity contribution in [2.24, 2.45) is 5.73 Å². The molecule has 2 N–H and O–H groups in total. The lowest BCUT2D eigenvalue weighted by atomic mass is 10.2. The van der Waals surface area contributed by atoms with E-state index in [2.05, 4.69) is 0 Å². The van der Waals surface area contributed by atoms with Crippen LogP contribution in [0, 0.1) is 0 Å². The van der Waals surface area contributed by atoms with Crippen LogP contribution in [-0.2, 0) is 21.2 Å². The average Bonchev–Trinajstić information content (AvgIpc) is 2.89. The number of nitrogens with two attached hydrogens (primary N) is 1. The topological polar surface area (TPSA) is 107 Å². The quantitative estimate of drug-likeness (QED) is 0.629. The fourth-order valence-electron chi connectivity index (χ4n) is 2.37. The number of amides is 2. The fourth-order valence-corrected chi connectivity index (χ4v) is 4.03. The molecule has 0 atom stereocenters. The molecule has 0 aliphatic carbocycles. The SMILES string of the molecule is NC(=O)N(c1ccc(Cl)c(Cl)c1)S(=O)(=O)c1ccc2c(c1)CC(=O)O2. The van der Waals surface area contributed by atoms with Crippen molar-refractivity contribution >= 4 is 50.9 Å². The van der Waals surface area contributed by atoms with Gasteiger partial charge in [-0.1, -0.05) is 23.2 Å². The minimum absolute atomic E-state index is 0.0535. The summed E-state index contributed by atoms with van der Waals surface area (Å²) in [7, 11) is -4.33. The second kappa shape index (κ2) is 6.21. The Hall–Kier alpha value is -2.29. The third-order valence-corrected chi connectivity index (χ3v) is 5.93. The Morgan fingerprint density at radius 2 is 1.84 bits per heavy atom. The summed E-state index contributed by atoms with van der Waals surface area (Å²) in [6.45, 7) is 0. The zero-order chi connectivity index (χ0) is 18.4. The van der Waals surface area contributed by atoms with E-state index in [0.29, 0.717) is 9.87 Å². The van der Waals surface area contributed by atoms with Gasteiger partial charge in [0.15, 0.2) is 0 Å². The normalized spacial score (nSPS) is 13.3. The molecule has 0 radical (unpaired) electrons. The molecule has 1 aliphatic rings. The van der Waals surface area contributed by atoms with Crippen LogP contribution in [0.2, 0.25) is 10.0 Å². The molecule has 0 saturated carbocycles. The number of halogens is 2. The molecule has 1 heterocycles. The maximum atomic E-state index is 12.9. The number of anilines is 1. The van der Waals surface area contributed by atoms with Crippen LogP contribution in [0.25, 0.3) is 0 Å². The Balaban J connectivity index is 2.10. The van der Waals surface area contributed by atoms with Gasteiger partial charge in [0.2, 0.25) is 0 Å². The molecule has 0 bridgehead atoms. The summed E-state index contributed by atoms with van der Waals surface area (Å²) in [5.41, 5.74) is 5.61. The first-order chi connectivity index (χ1) is 11.7. The van der Waals surface area contributed by atoms with E-state index in [4.69, 9.17) is 33.7 Å². The zero-order valence-electron chi connectivity index (χ0n) is 12.4. The van der Waals surface area contributed by atoms with Gasteiger partial charge < -0.3 is 10.5 Å². The highest BCUT2D eigenvalue weighted by atomic mass is 35.5. The van der Waals surface area contributed by atoms with E-state index < -0.39 is 22.0 Å². The highest BCUT2D eigenvalue weighted by Crippen LogP contribution is 2.33. The van der Waals surface area contributed by atoms with E-state index in [9.17, 15) is 18.0 Å². The predicted octanol–water partition coefficient (Wildman–Crippen LogP) is 2.73. The molecule has 0 unspecified atom stereocenters. The fraction of sp³-hybridized carbons (Fsp3) is 0.0667. The molecule has 0 fully saturated rings. The predicted molar refractivity (Wildman–Crippen MR) is 91.5 cm³/mol. The number of nitrogens with zero attached hydrogens (tertiary/aromatic N) is 1. The van der Waals surface area contributed by atoms with Gasteiger partial charge in [-0.2, -0.15) is 4.31 Å². The van der Waals surface area contributed by atoms with E-state index in [0.717, 1.165) is 0 Å². The molecule has 1 aliphatic heterocycles. The second-order valence-electron chi connectivity index (χ2n) is 5.13. The highest BCUT2D eigenvalue weighted by Gasteiger charge is 2.32. The number of ether oxygens (including phenoxy) is 1. The van der Waals surface area contributed by atoms with Gasteiger partial charge >= 0.3 is 12.0 Å². The minimum atomic E-state index is -4.33. The lowest BCUT2D eigenvalue weighted by molar-refractivity contribution is -0.131. The van der Waals surface area contributed by atoms with Crippen LogP contribution in [0.15, 0.2) is 41.3 Å². The molecule has 2 aromatic carbocycles. The summed E-state index contributed by atoms with van der Waals surface area (Å²) < 4.78 is 31.1. The third-order valence-electron chi connectivity index (χ3n) is 3.47. The number of hydrogen-bond acceptors (Lipinski definition) is 5. The Morgan fingerprint density at radius 1 is 1.12 bits per heavy atom. The maximum Gasteiger partial charge on any atom is 0.333 e. The smallest absolute Gasteiger partial charge is 0.333 e. The van der Waals surface area contributed by atoms with E-state index in [1.54, 1.807) is 0 Å². The molecule has 2 amide bonds. The lowest BCUT2D eigenvalue weighted by Gasteiger charge is -2.21. The van der Waals surface area contributed by atoms with Gasteiger partial charge in [-0.15, -0.1) is 0 Å². The molecular weight excluding hydrogens is 391 g/mol. The van der Waals surface area contributed by atoms with Crippen molar-refractivity contribution in [1.29, 1.82) is 0 Å². The van der Waals surface area contributed by atoms with Crippen LogP contribution in [0.5, 0.6) is 5.75 Å². The molecule has 10 heteroatoms. The van der Waals surface area contributed by atoms with Crippen molar-refractivity contribution < 1.29 is 22.7 Å². The number of carbonyl (C=O) groups is 2. The van der Waals surface area contributed by atoms with Crippen LogP contribution >= 0.6 is 23.2 Å². The van der Waals surface area contributed by atoms with Crippen molar-refractivity contribution in [2.45, 2.75) is 11.3 Å². The molecular formula is C15H10Cl2N2O5S. The number of fused-ring (bicyclic) bond motifs is 1. The number of urea groups is 1. The van der Waals surface area contributed by atoms with E-state index in [1.165, 1.54) is 36.4 Å². The number of rotatable bonds is 3. The van der Waals surface area contributed by atoms with Gasteiger partial charge in [-0.25, -0.2) is 13.2 Å². The van der Waals surface area contributed by atoms with Crippen LogP contribution in [-0.4, -0.2) is 20.4 Å². The number of primary amides is 1. The van der Waals surface area contributed by atoms with E-state index in [1.807, 2.05) is 0 Å². The number of esters is 1. The van der Waals surface area contributed by atoms with Gasteiger partial charge in [-0.3, -0.25) is 4.79 Å². The summed E-state index contributed by atoms with van der Waals surface area (Å²) in [5.74, 6) is -0.204. The Kier molecular flexibility index (Phi) is 4.36. The van der Waals surface area contributed by atoms with Gasteiger partial charge in [-0.05, 0) is 36.4 Å². The van der Waals surface area contributed by atoms with Crippen molar-refractivity contribution in [3.63, 3.8) is 0 Å². The van der Waals surface area contributed by atoms with Crippen molar-refractivity contribution in [1.82, 2.24) is 0 Å². The lowest BCUT2D eigenvalue weighted by Crippen LogP contribution is -2.40. The highest BCUT2D eigenvalue weighted by molar-refractivity contribution is 7.93. The molecule has 3 rings (SSSR count).